The summed E-state index contributed by atoms with van der Waals surface area (Å²) in [7, 11) is 1.48. The molecule has 1 aromatic rings. The van der Waals surface area contributed by atoms with E-state index in [1.165, 1.54) is 7.11 Å². The van der Waals surface area contributed by atoms with Crippen molar-refractivity contribution in [1.29, 1.82) is 0 Å². The molecule has 0 spiro atoms. The maximum atomic E-state index is 11.6. The summed E-state index contributed by atoms with van der Waals surface area (Å²) in [5.41, 5.74) is 1.74. The van der Waals surface area contributed by atoms with Crippen LogP contribution in [-0.4, -0.2) is 18.6 Å². The van der Waals surface area contributed by atoms with Crippen LogP contribution in [0.4, 0.5) is 0 Å². The minimum absolute atomic E-state index is 0.152. The summed E-state index contributed by atoms with van der Waals surface area (Å²) in [4.78, 5) is 16.2. The van der Waals surface area contributed by atoms with E-state index in [1.54, 1.807) is 6.92 Å². The number of carbonyl (C=O) groups excluding carboxylic acids is 1. The van der Waals surface area contributed by atoms with E-state index in [1.807, 2.05) is 30.3 Å². The van der Waals surface area contributed by atoms with Gasteiger partial charge in [-0.05, 0) is 12.5 Å². The number of rotatable bonds is 5. The van der Waals surface area contributed by atoms with Crippen LogP contribution in [0.25, 0.3) is 0 Å². The molecule has 0 aliphatic rings. The van der Waals surface area contributed by atoms with Crippen LogP contribution in [0, 0.1) is 0 Å². The molecule has 1 aromatic carbocycles. The zero-order valence-electron chi connectivity index (χ0n) is 9.06. The number of nitrogens with zero attached hydrogens (tertiary/aromatic N) is 1. The van der Waals surface area contributed by atoms with Gasteiger partial charge in [0.2, 0.25) is 0 Å². The summed E-state index contributed by atoms with van der Waals surface area (Å²) in [5, 5.41) is 3.70. The van der Waals surface area contributed by atoms with Crippen molar-refractivity contribution in [2.75, 3.05) is 7.11 Å². The molecule has 15 heavy (non-hydrogen) atoms. The largest absolute Gasteiger partial charge is 0.399 e. The zero-order chi connectivity index (χ0) is 11.1. The van der Waals surface area contributed by atoms with Gasteiger partial charge in [-0.15, -0.1) is 0 Å². The van der Waals surface area contributed by atoms with Crippen LogP contribution < -0.4 is 0 Å². The van der Waals surface area contributed by atoms with Gasteiger partial charge in [0.25, 0.3) is 0 Å². The van der Waals surface area contributed by atoms with Gasteiger partial charge in [-0.2, -0.15) is 0 Å². The Morgan fingerprint density at radius 2 is 2.00 bits per heavy atom. The Balaban J connectivity index is 2.47. The molecule has 0 bridgehead atoms. The van der Waals surface area contributed by atoms with E-state index in [2.05, 4.69) is 9.99 Å². The van der Waals surface area contributed by atoms with Gasteiger partial charge in [-0.25, -0.2) is 0 Å². The SMILES string of the molecule is CO/N=C(\C)CC(=O)Cc1ccccc1. The van der Waals surface area contributed by atoms with Gasteiger partial charge in [0.15, 0.2) is 0 Å². The number of benzene rings is 1. The fourth-order valence-corrected chi connectivity index (χ4v) is 1.36. The van der Waals surface area contributed by atoms with Crippen molar-refractivity contribution >= 4 is 11.5 Å². The third kappa shape index (κ3) is 4.40. The van der Waals surface area contributed by atoms with Crippen molar-refractivity contribution in [3.05, 3.63) is 35.9 Å². The van der Waals surface area contributed by atoms with E-state index in [9.17, 15) is 4.79 Å². The van der Waals surface area contributed by atoms with Crippen LogP contribution in [0.2, 0.25) is 0 Å². The summed E-state index contributed by atoms with van der Waals surface area (Å²) >= 11 is 0. The minimum Gasteiger partial charge on any atom is -0.399 e. The first kappa shape index (κ1) is 11.4. The predicted octanol–water partition coefficient (Wildman–Crippen LogP) is 2.21. The predicted molar refractivity (Wildman–Crippen MR) is 59.9 cm³/mol. The first-order chi connectivity index (χ1) is 7.22. The summed E-state index contributed by atoms with van der Waals surface area (Å²) in [6, 6.07) is 9.68. The van der Waals surface area contributed by atoms with Crippen molar-refractivity contribution in [2.24, 2.45) is 5.16 Å². The van der Waals surface area contributed by atoms with Gasteiger partial charge in [-0.1, -0.05) is 35.5 Å². The van der Waals surface area contributed by atoms with Gasteiger partial charge >= 0.3 is 0 Å². The quantitative estimate of drug-likeness (QED) is 0.546. The molecule has 0 fully saturated rings. The lowest BCUT2D eigenvalue weighted by Gasteiger charge is -2.00. The normalized spacial score (nSPS) is 11.2. The number of hydrogen-bond donors (Lipinski definition) is 0. The summed E-state index contributed by atoms with van der Waals surface area (Å²) in [5.74, 6) is 0.152. The lowest BCUT2D eigenvalue weighted by Crippen LogP contribution is -2.08. The molecular weight excluding hydrogens is 190 g/mol. The highest BCUT2D eigenvalue weighted by Gasteiger charge is 2.05. The number of ketones is 1. The van der Waals surface area contributed by atoms with E-state index >= 15 is 0 Å². The van der Waals surface area contributed by atoms with Crippen LogP contribution in [0.15, 0.2) is 35.5 Å². The molecule has 3 nitrogen and oxygen atoms in total. The highest BCUT2D eigenvalue weighted by Crippen LogP contribution is 2.02. The third-order valence-corrected chi connectivity index (χ3v) is 1.94. The molecule has 0 unspecified atom stereocenters. The van der Waals surface area contributed by atoms with Crippen molar-refractivity contribution in [2.45, 2.75) is 19.8 Å². The minimum atomic E-state index is 0.152. The number of oxime groups is 1. The Labute approximate surface area is 89.7 Å². The van der Waals surface area contributed by atoms with Gasteiger partial charge in [-0.3, -0.25) is 4.79 Å². The second-order valence-corrected chi connectivity index (χ2v) is 3.39. The first-order valence-corrected chi connectivity index (χ1v) is 4.84. The van der Waals surface area contributed by atoms with Crippen molar-refractivity contribution in [3.8, 4) is 0 Å². The molecule has 0 saturated heterocycles. The third-order valence-electron chi connectivity index (χ3n) is 1.94. The Morgan fingerprint density at radius 3 is 2.60 bits per heavy atom. The second kappa shape index (κ2) is 5.96. The van der Waals surface area contributed by atoms with Gasteiger partial charge in [0, 0.05) is 12.8 Å². The van der Waals surface area contributed by atoms with Gasteiger partial charge in [0.05, 0.1) is 5.71 Å². The number of hydrogen-bond acceptors (Lipinski definition) is 3. The number of carbonyl (C=O) groups is 1. The Morgan fingerprint density at radius 1 is 1.33 bits per heavy atom. The van der Waals surface area contributed by atoms with E-state index in [0.717, 1.165) is 5.56 Å². The smallest absolute Gasteiger partial charge is 0.142 e. The summed E-state index contributed by atoms with van der Waals surface area (Å²) in [6.45, 7) is 1.78. The van der Waals surface area contributed by atoms with Crippen LogP contribution in [0.3, 0.4) is 0 Å². The molecule has 80 valence electrons. The molecule has 0 heterocycles. The van der Waals surface area contributed by atoms with Crippen molar-refractivity contribution in [1.82, 2.24) is 0 Å². The van der Waals surface area contributed by atoms with Crippen LogP contribution in [0.1, 0.15) is 18.9 Å². The standard InChI is InChI=1S/C12H15NO2/c1-10(13-15-2)8-12(14)9-11-6-4-3-5-7-11/h3-7H,8-9H2,1-2H3/b13-10+. The molecule has 0 atom stereocenters. The fraction of sp³-hybridized carbons (Fsp3) is 0.333. The maximum absolute atomic E-state index is 11.6. The lowest BCUT2D eigenvalue weighted by molar-refractivity contribution is -0.117. The van der Waals surface area contributed by atoms with Crippen LogP contribution >= 0.6 is 0 Å². The average molecular weight is 205 g/mol. The van der Waals surface area contributed by atoms with Crippen LogP contribution in [-0.2, 0) is 16.1 Å². The van der Waals surface area contributed by atoms with Gasteiger partial charge < -0.3 is 4.84 Å². The monoisotopic (exact) mass is 205 g/mol. The summed E-state index contributed by atoms with van der Waals surface area (Å²) < 4.78 is 0. The Kier molecular flexibility index (Phi) is 4.54. The molecule has 0 aliphatic carbocycles. The van der Waals surface area contributed by atoms with Crippen LogP contribution in [0.5, 0.6) is 0 Å². The molecule has 0 aromatic heterocycles. The van der Waals surface area contributed by atoms with E-state index in [4.69, 9.17) is 0 Å². The van der Waals surface area contributed by atoms with E-state index < -0.39 is 0 Å². The zero-order valence-corrected chi connectivity index (χ0v) is 9.06. The van der Waals surface area contributed by atoms with E-state index in [0.29, 0.717) is 18.6 Å². The Hall–Kier alpha value is -1.64. The molecule has 0 aliphatic heterocycles. The first-order valence-electron chi connectivity index (χ1n) is 4.84. The average Bonchev–Trinajstić information content (AvgIpc) is 2.19. The maximum Gasteiger partial charge on any atom is 0.142 e. The van der Waals surface area contributed by atoms with Crippen molar-refractivity contribution in [3.63, 3.8) is 0 Å². The summed E-state index contributed by atoms with van der Waals surface area (Å²) in [6.07, 6.45) is 0.806. The molecule has 1 rings (SSSR count). The molecular formula is C12H15NO2. The molecule has 3 heteroatoms. The van der Waals surface area contributed by atoms with Gasteiger partial charge in [0.1, 0.15) is 12.9 Å². The second-order valence-electron chi connectivity index (χ2n) is 3.39. The molecule has 0 N–H and O–H groups in total. The molecule has 0 saturated carbocycles. The lowest BCUT2D eigenvalue weighted by atomic mass is 10.1. The topological polar surface area (TPSA) is 38.7 Å². The van der Waals surface area contributed by atoms with E-state index in [-0.39, 0.29) is 5.78 Å². The Bertz CT molecular complexity index is 344. The highest BCUT2D eigenvalue weighted by atomic mass is 16.6. The molecule has 0 amide bonds. The van der Waals surface area contributed by atoms with Crippen molar-refractivity contribution < 1.29 is 9.63 Å². The number of Topliss-reactive ketones (excluding diaryl/α,β-unsaturated/α-hetero) is 1. The fourth-order valence-electron chi connectivity index (χ4n) is 1.36. The highest BCUT2D eigenvalue weighted by molar-refractivity contribution is 6.01. The molecule has 0 radical (unpaired) electrons.